The highest BCUT2D eigenvalue weighted by atomic mass is 35.5. The minimum absolute atomic E-state index is 0.00490. The minimum atomic E-state index is -4.36. The SMILES string of the molecule is CN(C)C(=O)Oc1cc2oc(=O)c(Cc3cccc(NS(=O)(=O)NOC(=O)OC(C)(C)C)c3)c(CF)c2cc1Cl. The number of nitrogens with one attached hydrogen (secondary N) is 2. The molecule has 0 bridgehead atoms. The molecule has 0 saturated heterocycles. The van der Waals surface area contributed by atoms with Gasteiger partial charge in [0.15, 0.2) is 5.75 Å². The van der Waals surface area contributed by atoms with Gasteiger partial charge in [0.05, 0.1) is 10.7 Å². The molecule has 0 aliphatic carbocycles. The topological polar surface area (TPSA) is 153 Å². The van der Waals surface area contributed by atoms with E-state index in [-0.39, 0.29) is 45.0 Å². The molecule has 1 amide bonds. The highest BCUT2D eigenvalue weighted by Crippen LogP contribution is 2.33. The van der Waals surface area contributed by atoms with E-state index in [9.17, 15) is 27.2 Å². The van der Waals surface area contributed by atoms with Crippen LogP contribution >= 0.6 is 11.6 Å². The van der Waals surface area contributed by atoms with Crippen LogP contribution in [-0.4, -0.2) is 45.3 Å². The lowest BCUT2D eigenvalue weighted by atomic mass is 9.99. The number of rotatable bonds is 8. The van der Waals surface area contributed by atoms with E-state index >= 15 is 0 Å². The monoisotopic (exact) mass is 599 g/mol. The lowest BCUT2D eigenvalue weighted by molar-refractivity contribution is -0.0175. The number of amides is 1. The molecule has 2 aromatic carbocycles. The molecular weight excluding hydrogens is 573 g/mol. The van der Waals surface area contributed by atoms with Crippen molar-refractivity contribution in [3.63, 3.8) is 0 Å². The minimum Gasteiger partial charge on any atom is -0.427 e. The van der Waals surface area contributed by atoms with E-state index in [1.54, 1.807) is 31.7 Å². The Balaban J connectivity index is 1.85. The highest BCUT2D eigenvalue weighted by molar-refractivity contribution is 7.90. The fourth-order valence-corrected chi connectivity index (χ4v) is 4.24. The first kappa shape index (κ1) is 30.7. The second-order valence-corrected chi connectivity index (χ2v) is 11.4. The molecule has 0 aliphatic heterocycles. The molecule has 3 rings (SSSR count). The van der Waals surface area contributed by atoms with Crippen LogP contribution in [0.3, 0.4) is 0 Å². The summed E-state index contributed by atoms with van der Waals surface area (Å²) in [6, 6.07) is 8.45. The maximum absolute atomic E-state index is 14.2. The Hall–Kier alpha value is -3.88. The van der Waals surface area contributed by atoms with Crippen LogP contribution < -0.4 is 20.0 Å². The van der Waals surface area contributed by atoms with Crippen molar-refractivity contribution in [2.75, 3.05) is 18.8 Å². The third kappa shape index (κ3) is 8.07. The van der Waals surface area contributed by atoms with Crippen molar-refractivity contribution in [1.82, 2.24) is 9.79 Å². The van der Waals surface area contributed by atoms with Gasteiger partial charge in [-0.2, -0.15) is 8.42 Å². The van der Waals surface area contributed by atoms with Gasteiger partial charge in [-0.15, -0.1) is 0 Å². The molecule has 0 atom stereocenters. The number of benzene rings is 2. The number of nitrogens with zero attached hydrogens (tertiary/aromatic N) is 1. The number of ether oxygens (including phenoxy) is 2. The Labute approximate surface area is 234 Å². The van der Waals surface area contributed by atoms with Crippen molar-refractivity contribution in [1.29, 1.82) is 0 Å². The van der Waals surface area contributed by atoms with Gasteiger partial charge in [0.1, 0.15) is 17.9 Å². The summed E-state index contributed by atoms with van der Waals surface area (Å²) >= 11 is 6.24. The van der Waals surface area contributed by atoms with Crippen molar-refractivity contribution in [2.24, 2.45) is 0 Å². The summed E-state index contributed by atoms with van der Waals surface area (Å²) in [6.07, 6.45) is -2.09. The quantitative estimate of drug-likeness (QED) is 0.213. The standard InChI is InChI=1S/C25H27ClFN3O9S/c1-25(2,3)38-24(33)39-29-40(34,35)28-15-8-6-7-14(9-15)10-17-18(13-27)16-11-19(26)21(37-23(32)30(4)5)12-20(16)36-22(17)31/h6-9,11-12,28-29H,10,13H2,1-5H3. The second-order valence-electron chi connectivity index (χ2n) is 9.65. The maximum Gasteiger partial charge on any atom is 0.529 e. The molecule has 0 unspecified atom stereocenters. The van der Waals surface area contributed by atoms with E-state index in [0.29, 0.717) is 5.56 Å². The van der Waals surface area contributed by atoms with Crippen molar-refractivity contribution >= 4 is 50.7 Å². The number of alkyl halides is 1. The summed E-state index contributed by atoms with van der Waals surface area (Å²) in [5.41, 5.74) is -1.30. The van der Waals surface area contributed by atoms with Crippen molar-refractivity contribution in [3.8, 4) is 5.75 Å². The molecule has 0 fully saturated rings. The number of carbonyl (C=O) groups excluding carboxylic acids is 2. The second kappa shape index (κ2) is 12.1. The Morgan fingerprint density at radius 1 is 1.12 bits per heavy atom. The number of halogens is 2. The summed E-state index contributed by atoms with van der Waals surface area (Å²) in [5.74, 6) is -0.0715. The van der Waals surface area contributed by atoms with E-state index in [4.69, 9.17) is 25.5 Å². The molecule has 1 aromatic heterocycles. The van der Waals surface area contributed by atoms with E-state index < -0.39 is 40.4 Å². The number of carbonyl (C=O) groups is 2. The van der Waals surface area contributed by atoms with E-state index in [1.165, 1.54) is 49.3 Å². The van der Waals surface area contributed by atoms with Crippen molar-refractivity contribution in [2.45, 2.75) is 39.5 Å². The summed E-state index contributed by atoms with van der Waals surface area (Å²) in [7, 11) is -1.42. The van der Waals surface area contributed by atoms with Gasteiger partial charge >= 0.3 is 28.1 Å². The fourth-order valence-electron chi connectivity index (χ4n) is 3.38. The zero-order valence-electron chi connectivity index (χ0n) is 22.2. The smallest absolute Gasteiger partial charge is 0.427 e. The molecule has 0 spiro atoms. The van der Waals surface area contributed by atoms with Gasteiger partial charge in [0.25, 0.3) is 0 Å². The Morgan fingerprint density at radius 2 is 1.82 bits per heavy atom. The van der Waals surface area contributed by atoms with Crippen LogP contribution in [0.4, 0.5) is 19.7 Å². The Morgan fingerprint density at radius 3 is 2.45 bits per heavy atom. The molecule has 0 saturated carbocycles. The summed E-state index contributed by atoms with van der Waals surface area (Å²) in [4.78, 5) is 43.5. The first-order chi connectivity index (χ1) is 18.6. The molecular formula is C25H27ClFN3O9S. The number of anilines is 1. The third-order valence-corrected chi connectivity index (χ3v) is 6.16. The van der Waals surface area contributed by atoms with E-state index in [2.05, 4.69) is 9.56 Å². The van der Waals surface area contributed by atoms with Gasteiger partial charge < -0.3 is 23.6 Å². The van der Waals surface area contributed by atoms with Gasteiger partial charge in [-0.1, -0.05) is 23.7 Å². The molecule has 2 N–H and O–H groups in total. The normalized spacial score (nSPS) is 11.7. The average molecular weight is 600 g/mol. The first-order valence-corrected chi connectivity index (χ1v) is 13.5. The van der Waals surface area contributed by atoms with Crippen LogP contribution in [0.2, 0.25) is 5.02 Å². The number of fused-ring (bicyclic) bond motifs is 1. The largest absolute Gasteiger partial charge is 0.529 e. The third-order valence-electron chi connectivity index (χ3n) is 5.05. The predicted octanol–water partition coefficient (Wildman–Crippen LogP) is 4.68. The van der Waals surface area contributed by atoms with E-state index in [1.807, 2.05) is 0 Å². The summed E-state index contributed by atoms with van der Waals surface area (Å²) in [6.45, 7) is 3.69. The van der Waals surface area contributed by atoms with Crippen LogP contribution in [0.1, 0.15) is 37.5 Å². The molecule has 12 nitrogen and oxygen atoms in total. The number of hydrogen-bond donors (Lipinski definition) is 2. The molecule has 216 valence electrons. The van der Waals surface area contributed by atoms with Crippen molar-refractivity contribution < 1.29 is 41.1 Å². The van der Waals surface area contributed by atoms with Gasteiger partial charge in [-0.3, -0.25) is 4.72 Å². The van der Waals surface area contributed by atoms with Gasteiger partial charge in [-0.05, 0) is 49.4 Å². The molecule has 3 aromatic rings. The summed E-state index contributed by atoms with van der Waals surface area (Å²) < 4.78 is 56.4. The molecule has 0 aliphatic rings. The molecule has 40 heavy (non-hydrogen) atoms. The van der Waals surface area contributed by atoms with Gasteiger partial charge in [0.2, 0.25) is 0 Å². The maximum atomic E-state index is 14.2. The van der Waals surface area contributed by atoms with Crippen LogP contribution in [0.15, 0.2) is 45.6 Å². The Bertz CT molecular complexity index is 1600. The van der Waals surface area contributed by atoms with Crippen molar-refractivity contribution in [3.05, 3.63) is 68.5 Å². The zero-order valence-corrected chi connectivity index (χ0v) is 23.7. The Kier molecular flexibility index (Phi) is 9.28. The molecule has 1 heterocycles. The van der Waals surface area contributed by atoms with Crippen LogP contribution in [0.5, 0.6) is 5.75 Å². The predicted molar refractivity (Wildman–Crippen MR) is 144 cm³/mol. The van der Waals surface area contributed by atoms with Gasteiger partial charge in [-0.25, -0.2) is 18.8 Å². The lowest BCUT2D eigenvalue weighted by Crippen LogP contribution is -2.35. The average Bonchev–Trinajstić information content (AvgIpc) is 2.83. The van der Waals surface area contributed by atoms with E-state index in [0.717, 1.165) is 0 Å². The summed E-state index contributed by atoms with van der Waals surface area (Å²) in [5, 5.41) is 0.196. The lowest BCUT2D eigenvalue weighted by Gasteiger charge is -2.18. The van der Waals surface area contributed by atoms with Crippen LogP contribution in [0, 0.1) is 0 Å². The number of hydrogen-bond acceptors (Lipinski definition) is 9. The molecule has 0 radical (unpaired) electrons. The fraction of sp³-hybridized carbons (Fsp3) is 0.320. The van der Waals surface area contributed by atoms with Gasteiger partial charge in [0, 0.05) is 43.1 Å². The van der Waals surface area contributed by atoms with Crippen LogP contribution in [-0.2, 0) is 32.9 Å². The van der Waals surface area contributed by atoms with Crippen LogP contribution in [0.25, 0.3) is 11.0 Å². The highest BCUT2D eigenvalue weighted by Gasteiger charge is 2.22. The zero-order chi connectivity index (χ0) is 29.8. The first-order valence-electron chi connectivity index (χ1n) is 11.6. The molecule has 15 heteroatoms.